The maximum absolute atomic E-state index is 13.1. The van der Waals surface area contributed by atoms with Crippen molar-refractivity contribution in [2.75, 3.05) is 0 Å². The predicted octanol–water partition coefficient (Wildman–Crippen LogP) is 2.54. The number of rotatable bonds is 0. The molecule has 1 aromatic heterocycles. The minimum Gasteiger partial charge on any atom is -0.228 e. The summed E-state index contributed by atoms with van der Waals surface area (Å²) in [7, 11) is 0. The molecule has 0 amide bonds. The molecule has 3 nitrogen and oxygen atoms in total. The number of halogens is 2. The summed E-state index contributed by atoms with van der Waals surface area (Å²) in [6, 6.07) is 7.25. The Kier molecular flexibility index (Phi) is 3.52. The van der Waals surface area contributed by atoms with Crippen molar-refractivity contribution in [2.24, 2.45) is 0 Å². The van der Waals surface area contributed by atoms with Gasteiger partial charge in [-0.2, -0.15) is 5.26 Å². The highest BCUT2D eigenvalue weighted by Crippen LogP contribution is 2.08. The van der Waals surface area contributed by atoms with Gasteiger partial charge in [0.15, 0.2) is 0 Å². The van der Waals surface area contributed by atoms with Gasteiger partial charge in [-0.05, 0) is 24.1 Å². The normalized spacial score (nSPS) is 9.17. The van der Waals surface area contributed by atoms with Crippen molar-refractivity contribution in [1.29, 1.82) is 5.26 Å². The monoisotopic (exact) mass is 257 g/mol. The van der Waals surface area contributed by atoms with E-state index in [9.17, 15) is 4.39 Å². The molecule has 2 aromatic rings. The fraction of sp³-hybridized carbons (Fsp3) is 0. The fourth-order valence-electron chi connectivity index (χ4n) is 1.26. The lowest BCUT2D eigenvalue weighted by Gasteiger charge is -1.93. The topological polar surface area (TPSA) is 49.6 Å². The summed E-state index contributed by atoms with van der Waals surface area (Å²) < 4.78 is 13.1. The molecule has 0 aliphatic carbocycles. The minimum absolute atomic E-state index is 0.222. The predicted molar refractivity (Wildman–Crippen MR) is 64.1 cm³/mol. The molecule has 0 spiro atoms. The highest BCUT2D eigenvalue weighted by atomic mass is 35.5. The van der Waals surface area contributed by atoms with E-state index >= 15 is 0 Å². The molecular weight excluding hydrogens is 253 g/mol. The van der Waals surface area contributed by atoms with Gasteiger partial charge in [0.2, 0.25) is 0 Å². The minimum atomic E-state index is -0.501. The van der Waals surface area contributed by atoms with Gasteiger partial charge < -0.3 is 0 Å². The lowest BCUT2D eigenvalue weighted by atomic mass is 10.1. The van der Waals surface area contributed by atoms with Crippen LogP contribution in [0.5, 0.6) is 0 Å². The maximum atomic E-state index is 13.1. The molecule has 86 valence electrons. The lowest BCUT2D eigenvalue weighted by Crippen LogP contribution is -1.86. The van der Waals surface area contributed by atoms with E-state index in [2.05, 4.69) is 21.8 Å². The number of hydrogen-bond donors (Lipinski definition) is 0. The fourth-order valence-corrected chi connectivity index (χ4v) is 1.41. The molecular formula is C13H5ClFN3. The third-order valence-electron chi connectivity index (χ3n) is 2.00. The molecule has 1 aromatic carbocycles. The van der Waals surface area contributed by atoms with E-state index in [0.717, 1.165) is 6.07 Å². The largest absolute Gasteiger partial charge is 0.228 e. The molecule has 2 rings (SSSR count). The van der Waals surface area contributed by atoms with Crippen LogP contribution in [0.4, 0.5) is 4.39 Å². The van der Waals surface area contributed by atoms with E-state index in [1.807, 2.05) is 6.07 Å². The van der Waals surface area contributed by atoms with E-state index in [1.165, 1.54) is 24.5 Å². The van der Waals surface area contributed by atoms with E-state index in [4.69, 9.17) is 16.9 Å². The standard InChI is InChI=1S/C13H5ClFN3/c14-13-6-12(17-8-18-13)2-1-9-3-10(7-16)5-11(15)4-9/h3-6,8H. The number of benzene rings is 1. The summed E-state index contributed by atoms with van der Waals surface area (Å²) in [5, 5.41) is 8.99. The van der Waals surface area contributed by atoms with Gasteiger partial charge in [0.1, 0.15) is 23.0 Å². The van der Waals surface area contributed by atoms with E-state index in [1.54, 1.807) is 0 Å². The molecule has 0 fully saturated rings. The Morgan fingerprint density at radius 2 is 1.83 bits per heavy atom. The second kappa shape index (κ2) is 5.27. The van der Waals surface area contributed by atoms with Gasteiger partial charge in [0, 0.05) is 11.6 Å². The Hall–Kier alpha value is -2.43. The van der Waals surface area contributed by atoms with Gasteiger partial charge in [-0.25, -0.2) is 14.4 Å². The van der Waals surface area contributed by atoms with Crippen molar-refractivity contribution in [2.45, 2.75) is 0 Å². The van der Waals surface area contributed by atoms with Gasteiger partial charge in [0.05, 0.1) is 11.6 Å². The van der Waals surface area contributed by atoms with E-state index in [0.29, 0.717) is 11.3 Å². The number of aromatic nitrogens is 2. The highest BCUT2D eigenvalue weighted by Gasteiger charge is 1.98. The molecule has 0 saturated heterocycles. The molecule has 0 bridgehead atoms. The maximum Gasteiger partial charge on any atom is 0.133 e. The third kappa shape index (κ3) is 3.04. The zero-order valence-electron chi connectivity index (χ0n) is 8.98. The van der Waals surface area contributed by atoms with Crippen molar-refractivity contribution in [3.63, 3.8) is 0 Å². The van der Waals surface area contributed by atoms with Crippen molar-refractivity contribution >= 4 is 11.6 Å². The third-order valence-corrected chi connectivity index (χ3v) is 2.20. The summed E-state index contributed by atoms with van der Waals surface area (Å²) in [5.74, 6) is 4.93. The van der Waals surface area contributed by atoms with Gasteiger partial charge in [-0.3, -0.25) is 0 Å². The molecule has 1 heterocycles. The van der Waals surface area contributed by atoms with Gasteiger partial charge >= 0.3 is 0 Å². The van der Waals surface area contributed by atoms with Crippen molar-refractivity contribution in [3.8, 4) is 17.9 Å². The molecule has 0 unspecified atom stereocenters. The zero-order chi connectivity index (χ0) is 13.0. The van der Waals surface area contributed by atoms with Crippen LogP contribution in [-0.4, -0.2) is 9.97 Å². The zero-order valence-corrected chi connectivity index (χ0v) is 9.74. The average Bonchev–Trinajstić information content (AvgIpc) is 2.36. The van der Waals surface area contributed by atoms with Crippen LogP contribution >= 0.6 is 11.6 Å². The van der Waals surface area contributed by atoms with Gasteiger partial charge in [-0.1, -0.05) is 17.5 Å². The SMILES string of the molecule is N#Cc1cc(F)cc(C#Cc2cc(Cl)ncn2)c1. The lowest BCUT2D eigenvalue weighted by molar-refractivity contribution is 0.627. The second-order valence-electron chi connectivity index (χ2n) is 3.32. The summed E-state index contributed by atoms with van der Waals surface area (Å²) in [6.07, 6.45) is 1.29. The smallest absolute Gasteiger partial charge is 0.133 e. The van der Waals surface area contributed by atoms with Crippen LogP contribution in [0.3, 0.4) is 0 Å². The van der Waals surface area contributed by atoms with Crippen LogP contribution in [0, 0.1) is 29.0 Å². The first-order chi connectivity index (χ1) is 8.67. The van der Waals surface area contributed by atoms with Crippen molar-refractivity contribution < 1.29 is 4.39 Å². The average molecular weight is 258 g/mol. The highest BCUT2D eigenvalue weighted by molar-refractivity contribution is 6.29. The van der Waals surface area contributed by atoms with E-state index in [-0.39, 0.29) is 10.7 Å². The summed E-state index contributed by atoms with van der Waals surface area (Å²) in [6.45, 7) is 0. The van der Waals surface area contributed by atoms with Crippen LogP contribution in [0.15, 0.2) is 30.6 Å². The number of nitrogens with zero attached hydrogens (tertiary/aromatic N) is 3. The Labute approximate surface area is 108 Å². The Morgan fingerprint density at radius 1 is 1.06 bits per heavy atom. The first kappa shape index (κ1) is 12.0. The molecule has 0 aliphatic rings. The molecule has 0 radical (unpaired) electrons. The Bertz CT molecular complexity index is 695. The first-order valence-corrected chi connectivity index (χ1v) is 5.25. The van der Waals surface area contributed by atoms with Crippen LogP contribution in [0.2, 0.25) is 5.15 Å². The quantitative estimate of drug-likeness (QED) is 0.538. The van der Waals surface area contributed by atoms with Crippen LogP contribution < -0.4 is 0 Å². The molecule has 18 heavy (non-hydrogen) atoms. The van der Waals surface area contributed by atoms with Crippen molar-refractivity contribution in [1.82, 2.24) is 9.97 Å². The molecule has 0 atom stereocenters. The van der Waals surface area contributed by atoms with Crippen LogP contribution in [-0.2, 0) is 0 Å². The van der Waals surface area contributed by atoms with E-state index < -0.39 is 5.82 Å². The summed E-state index contributed by atoms with van der Waals surface area (Å²) in [5.41, 5.74) is 1.05. The Balaban J connectivity index is 2.36. The van der Waals surface area contributed by atoms with Gasteiger partial charge in [0.25, 0.3) is 0 Å². The van der Waals surface area contributed by atoms with Gasteiger partial charge in [-0.15, -0.1) is 0 Å². The molecule has 5 heteroatoms. The second-order valence-corrected chi connectivity index (χ2v) is 3.70. The first-order valence-electron chi connectivity index (χ1n) is 4.87. The summed E-state index contributed by atoms with van der Waals surface area (Å²) in [4.78, 5) is 7.61. The molecule has 0 saturated carbocycles. The molecule has 0 aliphatic heterocycles. The van der Waals surface area contributed by atoms with Crippen molar-refractivity contribution in [3.05, 3.63) is 58.4 Å². The number of hydrogen-bond acceptors (Lipinski definition) is 3. The molecule has 0 N–H and O–H groups in total. The van der Waals surface area contributed by atoms with Crippen LogP contribution in [0.1, 0.15) is 16.8 Å². The number of nitriles is 1. The Morgan fingerprint density at radius 3 is 2.56 bits per heavy atom. The summed E-state index contributed by atoms with van der Waals surface area (Å²) >= 11 is 5.68. The van der Waals surface area contributed by atoms with Crippen LogP contribution in [0.25, 0.3) is 0 Å².